The molecule has 0 spiro atoms. The maximum atomic E-state index is 12.5. The Bertz CT molecular complexity index is 624. The monoisotopic (exact) mass is 292 g/mol. The smallest absolute Gasteiger partial charge is 0.274 e. The number of imidazole rings is 1. The minimum Gasteiger partial charge on any atom is -0.337 e. The number of rotatable bonds is 2. The highest BCUT2D eigenvalue weighted by Crippen LogP contribution is 2.19. The van der Waals surface area contributed by atoms with Crippen molar-refractivity contribution in [3.63, 3.8) is 0 Å². The van der Waals surface area contributed by atoms with Crippen LogP contribution in [-0.4, -0.2) is 58.3 Å². The average molecular weight is 292 g/mol. The number of amides is 1. The SMILES string of the molecule is Cc1csc2nc(C(=O)N(C)C3CCN(C)CC3)cn12. The van der Waals surface area contributed by atoms with Gasteiger partial charge in [-0.3, -0.25) is 9.20 Å². The van der Waals surface area contributed by atoms with Crippen LogP contribution < -0.4 is 0 Å². The molecule has 3 heterocycles. The van der Waals surface area contributed by atoms with Gasteiger partial charge >= 0.3 is 0 Å². The van der Waals surface area contributed by atoms with Crippen molar-refractivity contribution in [2.24, 2.45) is 0 Å². The van der Waals surface area contributed by atoms with Crippen LogP contribution >= 0.6 is 11.3 Å². The lowest BCUT2D eigenvalue weighted by Gasteiger charge is -2.34. The van der Waals surface area contributed by atoms with Gasteiger partial charge in [-0.2, -0.15) is 0 Å². The topological polar surface area (TPSA) is 40.9 Å². The fourth-order valence-electron chi connectivity index (χ4n) is 2.73. The predicted octanol–water partition coefficient (Wildman–Crippen LogP) is 1.87. The summed E-state index contributed by atoms with van der Waals surface area (Å²) in [6.07, 6.45) is 3.94. The van der Waals surface area contributed by atoms with Crippen molar-refractivity contribution in [3.05, 3.63) is 23.0 Å². The summed E-state index contributed by atoms with van der Waals surface area (Å²) in [7, 11) is 4.03. The minimum absolute atomic E-state index is 0.0369. The van der Waals surface area contributed by atoms with Crippen LogP contribution in [0.2, 0.25) is 0 Å². The van der Waals surface area contributed by atoms with Crippen LogP contribution in [0.5, 0.6) is 0 Å². The first-order valence-electron chi connectivity index (χ1n) is 6.95. The Balaban J connectivity index is 1.77. The van der Waals surface area contributed by atoms with E-state index in [1.165, 1.54) is 0 Å². The molecule has 20 heavy (non-hydrogen) atoms. The zero-order valence-corrected chi connectivity index (χ0v) is 13.0. The number of piperidine rings is 1. The molecule has 2 aromatic rings. The summed E-state index contributed by atoms with van der Waals surface area (Å²) < 4.78 is 1.99. The summed E-state index contributed by atoms with van der Waals surface area (Å²) in [5.41, 5.74) is 1.68. The van der Waals surface area contributed by atoms with E-state index in [1.54, 1.807) is 11.3 Å². The van der Waals surface area contributed by atoms with E-state index in [0.717, 1.165) is 36.6 Å². The summed E-state index contributed by atoms with van der Waals surface area (Å²) >= 11 is 1.57. The zero-order chi connectivity index (χ0) is 14.3. The summed E-state index contributed by atoms with van der Waals surface area (Å²) in [5, 5.41) is 2.05. The summed E-state index contributed by atoms with van der Waals surface area (Å²) in [5.74, 6) is 0.0369. The van der Waals surface area contributed by atoms with Gasteiger partial charge in [0.05, 0.1) is 0 Å². The fraction of sp³-hybridized carbons (Fsp3) is 0.571. The molecule has 0 atom stereocenters. The van der Waals surface area contributed by atoms with Gasteiger partial charge in [0.2, 0.25) is 0 Å². The van der Waals surface area contributed by atoms with Crippen molar-refractivity contribution in [2.75, 3.05) is 27.2 Å². The van der Waals surface area contributed by atoms with Crippen molar-refractivity contribution in [1.82, 2.24) is 19.2 Å². The third kappa shape index (κ3) is 2.33. The molecule has 0 bridgehead atoms. The Labute approximate surface area is 122 Å². The van der Waals surface area contributed by atoms with Gasteiger partial charge in [0, 0.05) is 30.4 Å². The lowest BCUT2D eigenvalue weighted by molar-refractivity contribution is 0.0654. The van der Waals surface area contributed by atoms with Gasteiger partial charge in [0.15, 0.2) is 4.96 Å². The molecule has 1 amide bonds. The van der Waals surface area contributed by atoms with Crippen molar-refractivity contribution < 1.29 is 4.79 Å². The second-order valence-corrected chi connectivity index (χ2v) is 6.44. The van der Waals surface area contributed by atoms with Gasteiger partial charge in [0.1, 0.15) is 5.69 Å². The number of likely N-dealkylation sites (tertiary alicyclic amines) is 1. The Kier molecular flexibility index (Phi) is 3.52. The molecule has 3 rings (SSSR count). The van der Waals surface area contributed by atoms with Gasteiger partial charge in [-0.05, 0) is 39.9 Å². The summed E-state index contributed by atoms with van der Waals surface area (Å²) in [4.78, 5) is 22.1. The fourth-order valence-corrected chi connectivity index (χ4v) is 3.58. The number of aryl methyl sites for hydroxylation is 1. The molecule has 5 nitrogen and oxygen atoms in total. The van der Waals surface area contributed by atoms with E-state index in [9.17, 15) is 4.79 Å². The molecule has 1 aliphatic rings. The average Bonchev–Trinajstić information content (AvgIpc) is 3.01. The van der Waals surface area contributed by atoms with Gasteiger partial charge in [-0.25, -0.2) is 4.98 Å². The molecule has 1 aliphatic heterocycles. The van der Waals surface area contributed by atoms with Crippen LogP contribution in [-0.2, 0) is 0 Å². The maximum absolute atomic E-state index is 12.5. The number of aromatic nitrogens is 2. The first-order valence-corrected chi connectivity index (χ1v) is 7.83. The number of hydrogen-bond donors (Lipinski definition) is 0. The lowest BCUT2D eigenvalue weighted by atomic mass is 10.0. The van der Waals surface area contributed by atoms with E-state index >= 15 is 0 Å². The molecular formula is C14H20N4OS. The molecule has 0 aliphatic carbocycles. The van der Waals surface area contributed by atoms with Gasteiger partial charge in [-0.1, -0.05) is 0 Å². The Morgan fingerprint density at radius 1 is 1.45 bits per heavy atom. The molecule has 1 saturated heterocycles. The number of carbonyl (C=O) groups is 1. The molecule has 0 unspecified atom stereocenters. The summed E-state index contributed by atoms with van der Waals surface area (Å²) in [6, 6.07) is 0.333. The van der Waals surface area contributed by atoms with Crippen molar-refractivity contribution in [1.29, 1.82) is 0 Å². The molecular weight excluding hydrogens is 272 g/mol. The molecule has 0 radical (unpaired) electrons. The molecule has 2 aromatic heterocycles. The van der Waals surface area contributed by atoms with E-state index in [-0.39, 0.29) is 5.91 Å². The van der Waals surface area contributed by atoms with Crippen LogP contribution in [0.25, 0.3) is 4.96 Å². The number of thiazole rings is 1. The third-order valence-electron chi connectivity index (χ3n) is 4.16. The third-order valence-corrected chi connectivity index (χ3v) is 5.12. The normalized spacial score (nSPS) is 17.8. The van der Waals surface area contributed by atoms with E-state index in [4.69, 9.17) is 0 Å². The van der Waals surface area contributed by atoms with Crippen LogP contribution in [0.15, 0.2) is 11.6 Å². The van der Waals surface area contributed by atoms with Crippen LogP contribution in [0, 0.1) is 6.92 Å². The Morgan fingerprint density at radius 2 is 2.15 bits per heavy atom. The largest absolute Gasteiger partial charge is 0.337 e. The molecule has 0 N–H and O–H groups in total. The summed E-state index contributed by atoms with van der Waals surface area (Å²) in [6.45, 7) is 4.14. The molecule has 0 saturated carbocycles. The minimum atomic E-state index is 0.0369. The number of hydrogen-bond acceptors (Lipinski definition) is 4. The van der Waals surface area contributed by atoms with E-state index in [0.29, 0.717) is 11.7 Å². The van der Waals surface area contributed by atoms with Crippen molar-refractivity contribution in [2.45, 2.75) is 25.8 Å². The number of carbonyl (C=O) groups excluding carboxylic acids is 1. The van der Waals surface area contributed by atoms with Crippen LogP contribution in [0.3, 0.4) is 0 Å². The van der Waals surface area contributed by atoms with Gasteiger partial charge < -0.3 is 9.80 Å². The highest BCUT2D eigenvalue weighted by atomic mass is 32.1. The lowest BCUT2D eigenvalue weighted by Crippen LogP contribution is -2.44. The molecule has 6 heteroatoms. The number of nitrogens with zero attached hydrogens (tertiary/aromatic N) is 4. The van der Waals surface area contributed by atoms with Crippen LogP contribution in [0.1, 0.15) is 29.0 Å². The second-order valence-electron chi connectivity index (χ2n) is 5.61. The first kappa shape index (κ1) is 13.6. The Morgan fingerprint density at radius 3 is 2.80 bits per heavy atom. The van der Waals surface area contributed by atoms with Crippen molar-refractivity contribution >= 4 is 22.2 Å². The standard InChI is InChI=1S/C14H20N4OS/c1-10-9-20-14-15-12(8-18(10)14)13(19)17(3)11-4-6-16(2)7-5-11/h8-9,11H,4-7H2,1-3H3. The molecule has 1 fully saturated rings. The molecule has 0 aromatic carbocycles. The second kappa shape index (κ2) is 5.18. The maximum Gasteiger partial charge on any atom is 0.274 e. The van der Waals surface area contributed by atoms with E-state index in [1.807, 2.05) is 29.5 Å². The quantitative estimate of drug-likeness (QED) is 0.848. The van der Waals surface area contributed by atoms with Gasteiger partial charge in [-0.15, -0.1) is 11.3 Å². The van der Waals surface area contributed by atoms with E-state index < -0.39 is 0 Å². The van der Waals surface area contributed by atoms with Crippen molar-refractivity contribution in [3.8, 4) is 0 Å². The zero-order valence-electron chi connectivity index (χ0n) is 12.2. The first-order chi connectivity index (χ1) is 9.56. The molecule has 108 valence electrons. The van der Waals surface area contributed by atoms with E-state index in [2.05, 4.69) is 22.3 Å². The van der Waals surface area contributed by atoms with Crippen LogP contribution in [0.4, 0.5) is 0 Å². The predicted molar refractivity (Wildman–Crippen MR) is 80.4 cm³/mol. The Hall–Kier alpha value is -1.40. The highest BCUT2D eigenvalue weighted by Gasteiger charge is 2.26. The van der Waals surface area contributed by atoms with Gasteiger partial charge in [0.25, 0.3) is 5.91 Å². The highest BCUT2D eigenvalue weighted by molar-refractivity contribution is 7.15. The number of fused-ring (bicyclic) bond motifs is 1.